The summed E-state index contributed by atoms with van der Waals surface area (Å²) in [5.74, 6) is 0. The number of fused-ring (bicyclic) bond motifs is 14. The standard InChI is InChI=1S/C74H53N3O2/c1-44-14-10-16-53(34-44)75(65-22-12-20-59-57-18-6-8-24-69(57)78-72(59)65)55-32-28-47-38-61-63-40-51(46-26-30-52(31-27-46)74(3,4)5)41-64-62-39-48-29-33-56(37-50(48)43-68(62)77(71(63)64)67(61)42-49(47)36-55)76(54-17-11-15-45(2)35-54)66-23-13-21-60-58-19-7-9-25-70(58)79-73(60)66/h6-43H,1-5H3. The Morgan fingerprint density at radius 3 is 1.28 bits per heavy atom. The number of para-hydroxylation sites is 4. The molecule has 79 heavy (non-hydrogen) atoms. The minimum atomic E-state index is 0.0560. The molecule has 0 saturated heterocycles. The van der Waals surface area contributed by atoms with Crippen LogP contribution in [0.2, 0.25) is 0 Å². The first-order chi connectivity index (χ1) is 38.6. The lowest BCUT2D eigenvalue weighted by atomic mass is 9.86. The maximum atomic E-state index is 6.73. The van der Waals surface area contributed by atoms with E-state index in [1.165, 1.54) is 76.7 Å². The van der Waals surface area contributed by atoms with Crippen LogP contribution in [0.1, 0.15) is 37.5 Å². The van der Waals surface area contributed by atoms with E-state index in [4.69, 9.17) is 8.83 Å². The molecule has 0 fully saturated rings. The number of rotatable bonds is 7. The molecule has 0 radical (unpaired) electrons. The van der Waals surface area contributed by atoms with Crippen molar-refractivity contribution in [3.8, 4) is 11.1 Å². The molecule has 12 aromatic carbocycles. The second-order valence-corrected chi connectivity index (χ2v) is 22.7. The number of hydrogen-bond acceptors (Lipinski definition) is 4. The Hall–Kier alpha value is -9.84. The van der Waals surface area contributed by atoms with Gasteiger partial charge in [0.2, 0.25) is 0 Å². The van der Waals surface area contributed by atoms with Gasteiger partial charge in [-0.1, -0.05) is 142 Å². The molecular formula is C74H53N3O2. The molecule has 5 heteroatoms. The number of aromatic nitrogens is 1. The molecule has 0 N–H and O–H groups in total. The Morgan fingerprint density at radius 1 is 0.342 bits per heavy atom. The molecule has 376 valence electrons. The average Bonchev–Trinajstić information content (AvgIpc) is 3.33. The molecule has 0 aliphatic rings. The quantitative estimate of drug-likeness (QED) is 0.159. The number of furan rings is 2. The van der Waals surface area contributed by atoms with Gasteiger partial charge in [-0.05, 0) is 178 Å². The monoisotopic (exact) mass is 1020 g/mol. The van der Waals surface area contributed by atoms with Gasteiger partial charge in [0.15, 0.2) is 11.2 Å². The smallest absolute Gasteiger partial charge is 0.159 e. The molecule has 4 aromatic heterocycles. The minimum absolute atomic E-state index is 0.0560. The van der Waals surface area contributed by atoms with E-state index in [1.54, 1.807) is 0 Å². The first-order valence-electron chi connectivity index (χ1n) is 27.4. The molecule has 0 aliphatic heterocycles. The lowest BCUT2D eigenvalue weighted by Gasteiger charge is -2.26. The fourth-order valence-electron chi connectivity index (χ4n) is 12.8. The molecule has 0 spiro atoms. The number of hydrogen-bond donors (Lipinski definition) is 0. The van der Waals surface area contributed by atoms with Crippen LogP contribution in [-0.4, -0.2) is 4.40 Å². The lowest BCUT2D eigenvalue weighted by molar-refractivity contribution is 0.590. The highest BCUT2D eigenvalue weighted by atomic mass is 16.3. The van der Waals surface area contributed by atoms with Gasteiger partial charge in [-0.25, -0.2) is 0 Å². The topological polar surface area (TPSA) is 37.2 Å². The summed E-state index contributed by atoms with van der Waals surface area (Å²) < 4.78 is 16.0. The van der Waals surface area contributed by atoms with Crippen LogP contribution in [0.5, 0.6) is 0 Å². The van der Waals surface area contributed by atoms with E-state index >= 15 is 0 Å². The predicted octanol–water partition coefficient (Wildman–Crippen LogP) is 21.5. The highest BCUT2D eigenvalue weighted by Crippen LogP contribution is 2.48. The van der Waals surface area contributed by atoms with Gasteiger partial charge in [0.1, 0.15) is 11.2 Å². The van der Waals surface area contributed by atoms with E-state index in [9.17, 15) is 0 Å². The third-order valence-electron chi connectivity index (χ3n) is 16.6. The van der Waals surface area contributed by atoms with Gasteiger partial charge in [-0.15, -0.1) is 0 Å². The SMILES string of the molecule is Cc1cccc(N(c2ccc3cc4c5cc(-c6ccc(C(C)(C)C)cc6)cc6c7cc8ccc(N(c9cccc(C)c9)c9cccc%10c9oc9ccccc9%10)cc8cc7n(c4cc3c2)c56)c2cccc3c2oc2ccccc23)c1. The third kappa shape index (κ3) is 7.02. The fourth-order valence-corrected chi connectivity index (χ4v) is 12.8. The van der Waals surface area contributed by atoms with Crippen molar-refractivity contribution in [3.05, 3.63) is 247 Å². The van der Waals surface area contributed by atoms with Crippen LogP contribution in [0.15, 0.2) is 239 Å². The average molecular weight is 1020 g/mol. The Bertz CT molecular complexity index is 4870. The normalized spacial score (nSPS) is 12.4. The van der Waals surface area contributed by atoms with Crippen molar-refractivity contribution in [1.29, 1.82) is 0 Å². The van der Waals surface area contributed by atoms with Crippen LogP contribution in [-0.2, 0) is 5.41 Å². The van der Waals surface area contributed by atoms with Crippen molar-refractivity contribution < 1.29 is 8.83 Å². The zero-order valence-corrected chi connectivity index (χ0v) is 44.6. The zero-order valence-electron chi connectivity index (χ0n) is 44.6. The molecule has 16 aromatic rings. The predicted molar refractivity (Wildman–Crippen MR) is 334 cm³/mol. The van der Waals surface area contributed by atoms with E-state index in [0.29, 0.717) is 0 Å². The number of benzene rings is 12. The highest BCUT2D eigenvalue weighted by Gasteiger charge is 2.25. The van der Waals surface area contributed by atoms with E-state index < -0.39 is 0 Å². The van der Waals surface area contributed by atoms with Crippen LogP contribution in [0.4, 0.5) is 34.1 Å². The number of aryl methyl sites for hydroxylation is 2. The molecule has 16 rings (SSSR count). The molecule has 0 bridgehead atoms. The Labute approximate surface area is 456 Å². The summed E-state index contributed by atoms with van der Waals surface area (Å²) in [5, 5.41) is 14.1. The third-order valence-corrected chi connectivity index (χ3v) is 16.6. The van der Waals surface area contributed by atoms with Gasteiger partial charge in [-0.3, -0.25) is 0 Å². The van der Waals surface area contributed by atoms with Crippen molar-refractivity contribution in [1.82, 2.24) is 4.40 Å². The van der Waals surface area contributed by atoms with Gasteiger partial charge in [-0.2, -0.15) is 0 Å². The number of nitrogens with zero attached hydrogens (tertiary/aromatic N) is 3. The number of anilines is 6. The van der Waals surface area contributed by atoms with Crippen LogP contribution < -0.4 is 9.80 Å². The van der Waals surface area contributed by atoms with Gasteiger partial charge in [0.25, 0.3) is 0 Å². The Balaban J connectivity index is 0.935. The highest BCUT2D eigenvalue weighted by molar-refractivity contribution is 6.27. The van der Waals surface area contributed by atoms with Crippen LogP contribution >= 0.6 is 0 Å². The summed E-state index contributed by atoms with van der Waals surface area (Å²) in [4.78, 5) is 4.72. The molecule has 5 nitrogen and oxygen atoms in total. The van der Waals surface area contributed by atoms with Crippen molar-refractivity contribution in [3.63, 3.8) is 0 Å². The van der Waals surface area contributed by atoms with Crippen molar-refractivity contribution in [2.45, 2.75) is 40.0 Å². The van der Waals surface area contributed by atoms with E-state index in [2.05, 4.69) is 267 Å². The largest absolute Gasteiger partial charge is 0.454 e. The summed E-state index contributed by atoms with van der Waals surface area (Å²) in [7, 11) is 0. The molecule has 0 aliphatic carbocycles. The summed E-state index contributed by atoms with van der Waals surface area (Å²) in [5.41, 5.74) is 19.5. The minimum Gasteiger partial charge on any atom is -0.454 e. The van der Waals surface area contributed by atoms with Crippen LogP contribution in [0.25, 0.3) is 115 Å². The molecular weight excluding hydrogens is 963 g/mol. The first-order valence-corrected chi connectivity index (χ1v) is 27.4. The van der Waals surface area contributed by atoms with E-state index in [0.717, 1.165) is 88.8 Å². The Morgan fingerprint density at radius 2 is 0.797 bits per heavy atom. The maximum absolute atomic E-state index is 6.73. The maximum Gasteiger partial charge on any atom is 0.159 e. The van der Waals surface area contributed by atoms with Gasteiger partial charge < -0.3 is 23.0 Å². The van der Waals surface area contributed by atoms with Crippen molar-refractivity contribution in [2.75, 3.05) is 9.80 Å². The summed E-state index contributed by atoms with van der Waals surface area (Å²) in [6, 6.07) is 84.8. The molecule has 0 saturated carbocycles. The second kappa shape index (κ2) is 16.8. The summed E-state index contributed by atoms with van der Waals surface area (Å²) in [6.45, 7) is 11.2. The molecule has 4 heterocycles. The van der Waals surface area contributed by atoms with Gasteiger partial charge >= 0.3 is 0 Å². The van der Waals surface area contributed by atoms with Gasteiger partial charge in [0, 0.05) is 65.8 Å². The van der Waals surface area contributed by atoms with Crippen molar-refractivity contribution in [2.24, 2.45) is 0 Å². The van der Waals surface area contributed by atoms with E-state index in [-0.39, 0.29) is 5.41 Å². The molecule has 0 amide bonds. The van der Waals surface area contributed by atoms with E-state index in [1.807, 2.05) is 12.1 Å². The second-order valence-electron chi connectivity index (χ2n) is 22.7. The molecule has 0 atom stereocenters. The lowest BCUT2D eigenvalue weighted by Crippen LogP contribution is -2.10. The van der Waals surface area contributed by atoms with Crippen LogP contribution in [0, 0.1) is 13.8 Å². The Kier molecular flexibility index (Phi) is 9.66. The first kappa shape index (κ1) is 45.4. The fraction of sp³-hybridized carbons (Fsp3) is 0.0811. The van der Waals surface area contributed by atoms with Crippen molar-refractivity contribution >= 4 is 138 Å². The summed E-state index contributed by atoms with van der Waals surface area (Å²) in [6.07, 6.45) is 0. The zero-order chi connectivity index (χ0) is 52.8. The summed E-state index contributed by atoms with van der Waals surface area (Å²) >= 11 is 0. The molecule has 0 unspecified atom stereocenters. The van der Waals surface area contributed by atoms with Crippen LogP contribution in [0.3, 0.4) is 0 Å². The van der Waals surface area contributed by atoms with Gasteiger partial charge in [0.05, 0.1) is 27.9 Å².